The number of benzene rings is 1. The molecule has 1 amide bonds. The van der Waals surface area contributed by atoms with E-state index in [4.69, 9.17) is 9.47 Å². The highest BCUT2D eigenvalue weighted by Gasteiger charge is 2.10. The van der Waals surface area contributed by atoms with Crippen LogP contribution in [0.5, 0.6) is 11.5 Å². The predicted octanol–water partition coefficient (Wildman–Crippen LogP) is 2.55. The van der Waals surface area contributed by atoms with Crippen molar-refractivity contribution in [3.8, 4) is 11.5 Å². The van der Waals surface area contributed by atoms with Crippen LogP contribution in [0, 0.1) is 13.8 Å². The number of rotatable bonds is 6. The smallest absolute Gasteiger partial charge is 0.251 e. The van der Waals surface area contributed by atoms with E-state index in [0.717, 1.165) is 6.54 Å². The van der Waals surface area contributed by atoms with Crippen molar-refractivity contribution in [2.24, 2.45) is 0 Å². The summed E-state index contributed by atoms with van der Waals surface area (Å²) in [4.78, 5) is 12.2. The van der Waals surface area contributed by atoms with Crippen molar-refractivity contribution in [2.45, 2.75) is 20.4 Å². The number of methoxy groups -OCH3 is 2. The molecule has 0 aliphatic heterocycles. The average Bonchev–Trinajstić information content (AvgIpc) is 2.85. The third kappa shape index (κ3) is 3.42. The topological polar surface area (TPSA) is 52.5 Å². The van der Waals surface area contributed by atoms with Crippen LogP contribution in [-0.2, 0) is 6.54 Å². The predicted molar refractivity (Wildman–Crippen MR) is 85.8 cm³/mol. The van der Waals surface area contributed by atoms with E-state index < -0.39 is 0 Å². The quantitative estimate of drug-likeness (QED) is 0.892. The fourth-order valence-electron chi connectivity index (χ4n) is 2.41. The van der Waals surface area contributed by atoms with Gasteiger partial charge >= 0.3 is 0 Å². The Morgan fingerprint density at radius 3 is 2.27 bits per heavy atom. The van der Waals surface area contributed by atoms with E-state index in [1.807, 2.05) is 0 Å². The van der Waals surface area contributed by atoms with Crippen LogP contribution in [0.15, 0.2) is 30.3 Å². The van der Waals surface area contributed by atoms with Crippen molar-refractivity contribution in [2.75, 3.05) is 20.8 Å². The number of nitrogens with zero attached hydrogens (tertiary/aromatic N) is 1. The summed E-state index contributed by atoms with van der Waals surface area (Å²) in [6, 6.07) is 9.29. The van der Waals surface area contributed by atoms with E-state index in [0.29, 0.717) is 23.6 Å². The number of aryl methyl sites for hydroxylation is 2. The zero-order chi connectivity index (χ0) is 16.1. The lowest BCUT2D eigenvalue weighted by atomic mass is 10.2. The van der Waals surface area contributed by atoms with E-state index in [2.05, 4.69) is 35.9 Å². The van der Waals surface area contributed by atoms with E-state index in [1.165, 1.54) is 11.4 Å². The molecule has 22 heavy (non-hydrogen) atoms. The molecule has 5 nitrogen and oxygen atoms in total. The molecular weight excluding hydrogens is 280 g/mol. The van der Waals surface area contributed by atoms with Gasteiger partial charge in [-0.2, -0.15) is 0 Å². The molecule has 0 aliphatic carbocycles. The second-order valence-corrected chi connectivity index (χ2v) is 5.09. The molecule has 0 aliphatic rings. The van der Waals surface area contributed by atoms with E-state index in [9.17, 15) is 4.79 Å². The molecule has 0 spiro atoms. The van der Waals surface area contributed by atoms with Crippen molar-refractivity contribution in [3.05, 3.63) is 47.3 Å². The van der Waals surface area contributed by atoms with Gasteiger partial charge in [0.15, 0.2) is 11.5 Å². The summed E-state index contributed by atoms with van der Waals surface area (Å²) in [5.74, 6) is 1.04. The van der Waals surface area contributed by atoms with Crippen LogP contribution in [0.25, 0.3) is 0 Å². The number of ether oxygens (including phenoxy) is 2. The second kappa shape index (κ2) is 7.02. The van der Waals surface area contributed by atoms with Gasteiger partial charge in [0.05, 0.1) is 14.2 Å². The third-order valence-corrected chi connectivity index (χ3v) is 3.68. The van der Waals surface area contributed by atoms with Gasteiger partial charge in [-0.05, 0) is 44.2 Å². The van der Waals surface area contributed by atoms with Crippen LogP contribution in [0.3, 0.4) is 0 Å². The zero-order valence-electron chi connectivity index (χ0n) is 13.5. The standard InChI is InChI=1S/C17H22N2O3/c1-12-5-6-13(2)19(12)10-9-18-17(20)14-7-8-15(21-3)16(11-14)22-4/h5-8,11H,9-10H2,1-4H3,(H,18,20). The van der Waals surface area contributed by atoms with Gasteiger partial charge in [0.1, 0.15) is 0 Å². The van der Waals surface area contributed by atoms with Crippen LogP contribution in [-0.4, -0.2) is 31.2 Å². The number of carbonyl (C=O) groups excluding carboxylic acids is 1. The lowest BCUT2D eigenvalue weighted by Gasteiger charge is -2.12. The van der Waals surface area contributed by atoms with Crippen molar-refractivity contribution in [3.63, 3.8) is 0 Å². The largest absolute Gasteiger partial charge is 0.493 e. The molecule has 0 unspecified atom stereocenters. The van der Waals surface area contributed by atoms with Crippen LogP contribution in [0.4, 0.5) is 0 Å². The Bertz CT molecular complexity index is 642. The monoisotopic (exact) mass is 302 g/mol. The van der Waals surface area contributed by atoms with Crippen LogP contribution >= 0.6 is 0 Å². The fraction of sp³-hybridized carbons (Fsp3) is 0.353. The Morgan fingerprint density at radius 1 is 1.05 bits per heavy atom. The number of amides is 1. The Labute approximate surface area is 130 Å². The van der Waals surface area contributed by atoms with Crippen LogP contribution < -0.4 is 14.8 Å². The number of carbonyl (C=O) groups is 1. The molecule has 0 saturated carbocycles. The summed E-state index contributed by atoms with van der Waals surface area (Å²) in [6.07, 6.45) is 0. The summed E-state index contributed by atoms with van der Waals surface area (Å²) in [5, 5.41) is 2.92. The SMILES string of the molecule is COc1ccc(C(=O)NCCn2c(C)ccc2C)cc1OC. The van der Waals surface area contributed by atoms with Crippen molar-refractivity contribution < 1.29 is 14.3 Å². The van der Waals surface area contributed by atoms with Crippen LogP contribution in [0.1, 0.15) is 21.7 Å². The first kappa shape index (κ1) is 15.9. The fourth-order valence-corrected chi connectivity index (χ4v) is 2.41. The first-order chi connectivity index (χ1) is 10.6. The normalized spacial score (nSPS) is 10.4. The lowest BCUT2D eigenvalue weighted by Crippen LogP contribution is -2.27. The highest BCUT2D eigenvalue weighted by molar-refractivity contribution is 5.94. The highest BCUT2D eigenvalue weighted by atomic mass is 16.5. The minimum atomic E-state index is -0.122. The van der Waals surface area contributed by atoms with Gasteiger partial charge in [-0.1, -0.05) is 0 Å². The Hall–Kier alpha value is -2.43. The lowest BCUT2D eigenvalue weighted by molar-refractivity contribution is 0.0951. The van der Waals surface area contributed by atoms with E-state index >= 15 is 0 Å². The molecule has 0 fully saturated rings. The molecule has 0 atom stereocenters. The summed E-state index contributed by atoms with van der Waals surface area (Å²) in [5.41, 5.74) is 2.94. The molecule has 118 valence electrons. The molecule has 2 aromatic rings. The highest BCUT2D eigenvalue weighted by Crippen LogP contribution is 2.27. The molecule has 5 heteroatoms. The maximum atomic E-state index is 12.2. The van der Waals surface area contributed by atoms with Gasteiger partial charge in [0, 0.05) is 30.0 Å². The third-order valence-electron chi connectivity index (χ3n) is 3.68. The molecule has 1 N–H and O–H groups in total. The number of aromatic nitrogens is 1. The summed E-state index contributed by atoms with van der Waals surface area (Å²) in [7, 11) is 3.12. The van der Waals surface area contributed by atoms with Gasteiger partial charge in [0.2, 0.25) is 0 Å². The number of nitrogens with one attached hydrogen (secondary N) is 1. The molecule has 1 aromatic carbocycles. The molecule has 1 heterocycles. The van der Waals surface area contributed by atoms with E-state index in [-0.39, 0.29) is 5.91 Å². The maximum absolute atomic E-state index is 12.2. The zero-order valence-corrected chi connectivity index (χ0v) is 13.5. The summed E-state index contributed by atoms with van der Waals surface area (Å²) < 4.78 is 12.6. The Morgan fingerprint density at radius 2 is 1.68 bits per heavy atom. The molecule has 0 saturated heterocycles. The van der Waals surface area contributed by atoms with Gasteiger partial charge in [-0.15, -0.1) is 0 Å². The van der Waals surface area contributed by atoms with Crippen molar-refractivity contribution in [1.82, 2.24) is 9.88 Å². The molecule has 2 rings (SSSR count). The second-order valence-electron chi connectivity index (χ2n) is 5.09. The Kier molecular flexibility index (Phi) is 5.09. The molecule has 1 aromatic heterocycles. The molecule has 0 bridgehead atoms. The van der Waals surface area contributed by atoms with Crippen LogP contribution in [0.2, 0.25) is 0 Å². The minimum Gasteiger partial charge on any atom is -0.493 e. The van der Waals surface area contributed by atoms with Gasteiger partial charge in [0.25, 0.3) is 5.91 Å². The molecule has 0 radical (unpaired) electrons. The Balaban J connectivity index is 1.98. The summed E-state index contributed by atoms with van der Waals surface area (Å²) >= 11 is 0. The number of hydrogen-bond donors (Lipinski definition) is 1. The van der Waals surface area contributed by atoms with Gasteiger partial charge in [-0.25, -0.2) is 0 Å². The minimum absolute atomic E-state index is 0.122. The molecular formula is C17H22N2O3. The maximum Gasteiger partial charge on any atom is 0.251 e. The van der Waals surface area contributed by atoms with E-state index in [1.54, 1.807) is 32.4 Å². The summed E-state index contributed by atoms with van der Waals surface area (Å²) in [6.45, 7) is 5.44. The first-order valence-corrected chi connectivity index (χ1v) is 7.19. The average molecular weight is 302 g/mol. The van der Waals surface area contributed by atoms with Gasteiger partial charge in [-0.3, -0.25) is 4.79 Å². The number of hydrogen-bond acceptors (Lipinski definition) is 3. The van der Waals surface area contributed by atoms with Crippen molar-refractivity contribution >= 4 is 5.91 Å². The van der Waals surface area contributed by atoms with Gasteiger partial charge < -0.3 is 19.4 Å². The van der Waals surface area contributed by atoms with Crippen molar-refractivity contribution in [1.29, 1.82) is 0 Å². The first-order valence-electron chi connectivity index (χ1n) is 7.19.